The molecule has 0 aromatic heterocycles. The van der Waals surface area contributed by atoms with Crippen LogP contribution in [0.15, 0.2) is 42.5 Å². The van der Waals surface area contributed by atoms with Gasteiger partial charge < -0.3 is 15.2 Å². The molecule has 2 N–H and O–H groups in total. The first-order valence-corrected chi connectivity index (χ1v) is 6.86. The van der Waals surface area contributed by atoms with Crippen LogP contribution < -0.4 is 15.2 Å². The molecule has 0 saturated heterocycles. The van der Waals surface area contributed by atoms with Crippen molar-refractivity contribution in [3.63, 3.8) is 0 Å². The predicted octanol–water partition coefficient (Wildman–Crippen LogP) is 3.48. The maximum Gasteiger partial charge on any atom is 0.131 e. The van der Waals surface area contributed by atoms with Crippen LogP contribution in [0.4, 0.5) is 4.39 Å². The summed E-state index contributed by atoms with van der Waals surface area (Å²) in [4.78, 5) is 0. The highest BCUT2D eigenvalue weighted by Crippen LogP contribution is 2.29. The summed E-state index contributed by atoms with van der Waals surface area (Å²) >= 11 is 0. The molecule has 0 saturated carbocycles. The molecule has 4 heteroatoms. The van der Waals surface area contributed by atoms with Crippen molar-refractivity contribution in [3.8, 4) is 11.5 Å². The number of rotatable bonds is 6. The van der Waals surface area contributed by atoms with E-state index in [1.54, 1.807) is 19.2 Å². The lowest BCUT2D eigenvalue weighted by Crippen LogP contribution is -2.14. The van der Waals surface area contributed by atoms with E-state index >= 15 is 0 Å². The number of halogens is 1. The summed E-state index contributed by atoms with van der Waals surface area (Å²) < 4.78 is 24.2. The first kappa shape index (κ1) is 15.3. The zero-order valence-corrected chi connectivity index (χ0v) is 12.3. The van der Waals surface area contributed by atoms with E-state index < -0.39 is 6.04 Å². The first-order valence-electron chi connectivity index (χ1n) is 6.86. The lowest BCUT2D eigenvalue weighted by molar-refractivity contribution is 0.397. The van der Waals surface area contributed by atoms with Crippen molar-refractivity contribution in [2.45, 2.75) is 18.9 Å². The molecular formula is C17H20FNO2. The summed E-state index contributed by atoms with van der Waals surface area (Å²) in [6.07, 6.45) is 1.41. The quantitative estimate of drug-likeness (QED) is 0.885. The van der Waals surface area contributed by atoms with E-state index in [9.17, 15) is 4.39 Å². The van der Waals surface area contributed by atoms with Gasteiger partial charge in [-0.1, -0.05) is 18.2 Å². The van der Waals surface area contributed by atoms with Gasteiger partial charge in [-0.2, -0.15) is 0 Å². The molecule has 0 amide bonds. The van der Waals surface area contributed by atoms with Crippen LogP contribution in [-0.4, -0.2) is 14.2 Å². The molecule has 3 nitrogen and oxygen atoms in total. The van der Waals surface area contributed by atoms with Crippen LogP contribution in [0, 0.1) is 5.82 Å². The van der Waals surface area contributed by atoms with Crippen molar-refractivity contribution >= 4 is 0 Å². The Morgan fingerprint density at radius 1 is 1.05 bits per heavy atom. The van der Waals surface area contributed by atoms with E-state index in [4.69, 9.17) is 15.2 Å². The summed E-state index contributed by atoms with van der Waals surface area (Å²) in [7, 11) is 3.16. The number of aryl methyl sites for hydroxylation is 1. The molecule has 112 valence electrons. The SMILES string of the molecule is COc1ccc(CCC(N)c2c(F)cccc2OC)cc1. The van der Waals surface area contributed by atoms with Crippen LogP contribution in [0.1, 0.15) is 23.6 Å². The topological polar surface area (TPSA) is 44.5 Å². The molecule has 2 rings (SSSR count). The average molecular weight is 289 g/mol. The standard InChI is InChI=1S/C17H20FNO2/c1-20-13-9-6-12(7-10-13)8-11-15(19)17-14(18)4-3-5-16(17)21-2/h3-7,9-10,15H,8,11,19H2,1-2H3. The molecule has 2 aromatic rings. The zero-order valence-electron chi connectivity index (χ0n) is 12.3. The Bertz CT molecular complexity index is 584. The third kappa shape index (κ3) is 3.73. The van der Waals surface area contributed by atoms with Gasteiger partial charge in [0.1, 0.15) is 17.3 Å². The highest BCUT2D eigenvalue weighted by atomic mass is 19.1. The molecule has 0 bridgehead atoms. The number of hydrogen-bond donors (Lipinski definition) is 1. The summed E-state index contributed by atoms with van der Waals surface area (Å²) in [6, 6.07) is 12.1. The van der Waals surface area contributed by atoms with Gasteiger partial charge >= 0.3 is 0 Å². The highest BCUT2D eigenvalue weighted by Gasteiger charge is 2.16. The number of nitrogens with two attached hydrogens (primary N) is 1. The van der Waals surface area contributed by atoms with Crippen molar-refractivity contribution in [2.24, 2.45) is 5.73 Å². The molecule has 21 heavy (non-hydrogen) atoms. The zero-order chi connectivity index (χ0) is 15.2. The Balaban J connectivity index is 2.06. The van der Waals surface area contributed by atoms with E-state index in [-0.39, 0.29) is 5.82 Å². The third-order valence-electron chi connectivity index (χ3n) is 3.51. The molecule has 0 heterocycles. The van der Waals surface area contributed by atoms with Gasteiger partial charge in [0, 0.05) is 11.6 Å². The average Bonchev–Trinajstić information content (AvgIpc) is 2.52. The van der Waals surface area contributed by atoms with Gasteiger partial charge in [0.05, 0.1) is 14.2 Å². The largest absolute Gasteiger partial charge is 0.497 e. The summed E-state index contributed by atoms with van der Waals surface area (Å²) in [6.45, 7) is 0. The predicted molar refractivity (Wildman–Crippen MR) is 81.2 cm³/mol. The molecule has 0 aliphatic heterocycles. The maximum atomic E-state index is 13.9. The van der Waals surface area contributed by atoms with Gasteiger partial charge in [-0.25, -0.2) is 4.39 Å². The molecular weight excluding hydrogens is 269 g/mol. The minimum absolute atomic E-state index is 0.323. The van der Waals surface area contributed by atoms with Crippen molar-refractivity contribution < 1.29 is 13.9 Å². The highest BCUT2D eigenvalue weighted by molar-refractivity contribution is 5.37. The van der Waals surface area contributed by atoms with Crippen molar-refractivity contribution in [1.82, 2.24) is 0 Å². The Hall–Kier alpha value is -2.07. The molecule has 1 atom stereocenters. The fourth-order valence-corrected chi connectivity index (χ4v) is 2.31. The lowest BCUT2D eigenvalue weighted by Gasteiger charge is -2.16. The first-order chi connectivity index (χ1) is 10.2. The van der Waals surface area contributed by atoms with Crippen molar-refractivity contribution in [1.29, 1.82) is 0 Å². The van der Waals surface area contributed by atoms with Crippen LogP contribution in [-0.2, 0) is 6.42 Å². The van der Waals surface area contributed by atoms with E-state index in [1.807, 2.05) is 24.3 Å². The van der Waals surface area contributed by atoms with Gasteiger partial charge in [0.15, 0.2) is 0 Å². The normalized spacial score (nSPS) is 12.0. The minimum atomic E-state index is -0.400. The molecule has 0 fully saturated rings. The molecule has 0 spiro atoms. The fraction of sp³-hybridized carbons (Fsp3) is 0.294. The van der Waals surface area contributed by atoms with E-state index in [0.29, 0.717) is 17.7 Å². The molecule has 0 aliphatic carbocycles. The maximum absolute atomic E-state index is 13.9. The van der Waals surface area contributed by atoms with Gasteiger partial charge in [0.25, 0.3) is 0 Å². The van der Waals surface area contributed by atoms with Crippen LogP contribution in [0.5, 0.6) is 11.5 Å². The Labute approximate surface area is 124 Å². The second kappa shape index (κ2) is 7.09. The number of ether oxygens (including phenoxy) is 2. The van der Waals surface area contributed by atoms with Gasteiger partial charge in [-0.05, 0) is 42.7 Å². The summed E-state index contributed by atoms with van der Waals surface area (Å²) in [5.74, 6) is 0.993. The van der Waals surface area contributed by atoms with Gasteiger partial charge in [-0.3, -0.25) is 0 Å². The molecule has 0 radical (unpaired) electrons. The Morgan fingerprint density at radius 3 is 2.38 bits per heavy atom. The minimum Gasteiger partial charge on any atom is -0.497 e. The van der Waals surface area contributed by atoms with Crippen molar-refractivity contribution in [2.75, 3.05) is 14.2 Å². The molecule has 1 unspecified atom stereocenters. The summed E-state index contributed by atoms with van der Waals surface area (Å²) in [5.41, 5.74) is 7.71. The van der Waals surface area contributed by atoms with Crippen LogP contribution >= 0.6 is 0 Å². The number of benzene rings is 2. The second-order valence-corrected chi connectivity index (χ2v) is 4.85. The lowest BCUT2D eigenvalue weighted by atomic mass is 9.98. The van der Waals surface area contributed by atoms with E-state index in [2.05, 4.69) is 0 Å². The van der Waals surface area contributed by atoms with Crippen LogP contribution in [0.25, 0.3) is 0 Å². The molecule has 0 aliphatic rings. The Kier molecular flexibility index (Phi) is 5.17. The van der Waals surface area contributed by atoms with Crippen LogP contribution in [0.3, 0.4) is 0 Å². The van der Waals surface area contributed by atoms with E-state index in [0.717, 1.165) is 17.7 Å². The molecule has 2 aromatic carbocycles. The van der Waals surface area contributed by atoms with Crippen LogP contribution in [0.2, 0.25) is 0 Å². The fourth-order valence-electron chi connectivity index (χ4n) is 2.31. The summed E-state index contributed by atoms with van der Waals surface area (Å²) in [5, 5.41) is 0. The second-order valence-electron chi connectivity index (χ2n) is 4.85. The van der Waals surface area contributed by atoms with Crippen molar-refractivity contribution in [3.05, 3.63) is 59.4 Å². The van der Waals surface area contributed by atoms with Gasteiger partial charge in [-0.15, -0.1) is 0 Å². The third-order valence-corrected chi connectivity index (χ3v) is 3.51. The van der Waals surface area contributed by atoms with Gasteiger partial charge in [0.2, 0.25) is 0 Å². The smallest absolute Gasteiger partial charge is 0.131 e. The number of methoxy groups -OCH3 is 2. The Morgan fingerprint density at radius 2 is 1.76 bits per heavy atom. The number of hydrogen-bond acceptors (Lipinski definition) is 3. The van der Waals surface area contributed by atoms with E-state index in [1.165, 1.54) is 13.2 Å². The monoisotopic (exact) mass is 289 g/mol.